The summed E-state index contributed by atoms with van der Waals surface area (Å²) < 4.78 is 7.86. The smallest absolute Gasteiger partial charge is 0.233 e. The summed E-state index contributed by atoms with van der Waals surface area (Å²) in [4.78, 5) is 31.4. The van der Waals surface area contributed by atoms with Gasteiger partial charge in [0.05, 0.1) is 30.1 Å². The average Bonchev–Trinajstić information content (AvgIpc) is 3.24. The number of anilines is 1. The van der Waals surface area contributed by atoms with Crippen LogP contribution in [0.3, 0.4) is 0 Å². The zero-order chi connectivity index (χ0) is 16.2. The van der Waals surface area contributed by atoms with Crippen LogP contribution in [0.1, 0.15) is 12.8 Å². The SMILES string of the molecule is Cn1ccnc1NC(=O)[C@H]1[C@@H]2CC[C@@]3(CN(CCN)C(=O)[C@@H]13)O2. The highest BCUT2D eigenvalue weighted by molar-refractivity contribution is 5.97. The van der Waals surface area contributed by atoms with E-state index in [9.17, 15) is 9.59 Å². The maximum Gasteiger partial charge on any atom is 0.233 e. The second-order valence-electron chi connectivity index (χ2n) is 6.66. The van der Waals surface area contributed by atoms with Crippen LogP contribution in [0.15, 0.2) is 12.4 Å². The molecular formula is C15H21N5O3. The Morgan fingerprint density at radius 1 is 1.61 bits per heavy atom. The van der Waals surface area contributed by atoms with Gasteiger partial charge in [0.1, 0.15) is 0 Å². The summed E-state index contributed by atoms with van der Waals surface area (Å²) in [5.74, 6) is -0.545. The number of hydrogen-bond acceptors (Lipinski definition) is 5. The Bertz CT molecular complexity index is 659. The van der Waals surface area contributed by atoms with Crippen LogP contribution in [-0.2, 0) is 21.4 Å². The molecule has 1 aromatic rings. The molecule has 2 bridgehead atoms. The quantitative estimate of drug-likeness (QED) is 0.766. The maximum atomic E-state index is 12.8. The van der Waals surface area contributed by atoms with Crippen molar-refractivity contribution in [3.05, 3.63) is 12.4 Å². The van der Waals surface area contributed by atoms with Crippen LogP contribution in [0.25, 0.3) is 0 Å². The Kier molecular flexibility index (Phi) is 3.21. The van der Waals surface area contributed by atoms with E-state index in [1.54, 1.807) is 21.9 Å². The van der Waals surface area contributed by atoms with E-state index in [1.807, 2.05) is 7.05 Å². The lowest BCUT2D eigenvalue weighted by Crippen LogP contribution is -2.43. The molecule has 3 aliphatic rings. The normalized spacial score (nSPS) is 35.0. The molecule has 3 N–H and O–H groups in total. The number of hydrogen-bond donors (Lipinski definition) is 2. The van der Waals surface area contributed by atoms with Crippen LogP contribution in [0.4, 0.5) is 5.95 Å². The number of aryl methyl sites for hydroxylation is 1. The molecule has 8 nitrogen and oxygen atoms in total. The molecule has 124 valence electrons. The van der Waals surface area contributed by atoms with Gasteiger partial charge in [0, 0.05) is 32.5 Å². The molecule has 0 saturated carbocycles. The van der Waals surface area contributed by atoms with Crippen LogP contribution in [0.2, 0.25) is 0 Å². The molecule has 0 unspecified atom stereocenters. The van der Waals surface area contributed by atoms with Crippen LogP contribution in [-0.4, -0.2) is 57.6 Å². The van der Waals surface area contributed by atoms with Gasteiger partial charge in [-0.05, 0) is 12.8 Å². The molecule has 0 aliphatic carbocycles. The predicted molar refractivity (Wildman–Crippen MR) is 81.3 cm³/mol. The minimum Gasteiger partial charge on any atom is -0.368 e. The fourth-order valence-corrected chi connectivity index (χ4v) is 4.37. The van der Waals surface area contributed by atoms with Gasteiger partial charge in [-0.1, -0.05) is 0 Å². The number of ether oxygens (including phenoxy) is 1. The van der Waals surface area contributed by atoms with Crippen molar-refractivity contribution in [3.8, 4) is 0 Å². The molecule has 4 heterocycles. The number of carbonyl (C=O) groups excluding carboxylic acids is 2. The maximum absolute atomic E-state index is 12.8. The third-order valence-electron chi connectivity index (χ3n) is 5.36. The summed E-state index contributed by atoms with van der Waals surface area (Å²) >= 11 is 0. The Hall–Kier alpha value is -1.93. The molecule has 1 aromatic heterocycles. The second kappa shape index (κ2) is 5.04. The Morgan fingerprint density at radius 3 is 3.13 bits per heavy atom. The highest BCUT2D eigenvalue weighted by Gasteiger charge is 2.68. The van der Waals surface area contributed by atoms with Crippen molar-refractivity contribution in [1.29, 1.82) is 0 Å². The van der Waals surface area contributed by atoms with E-state index >= 15 is 0 Å². The fraction of sp³-hybridized carbons (Fsp3) is 0.667. The predicted octanol–water partition coefficient (Wildman–Crippen LogP) is -0.677. The summed E-state index contributed by atoms with van der Waals surface area (Å²) in [6.45, 7) is 1.48. The first-order valence-electron chi connectivity index (χ1n) is 8.00. The monoisotopic (exact) mass is 319 g/mol. The van der Waals surface area contributed by atoms with E-state index in [0.29, 0.717) is 25.6 Å². The molecule has 2 amide bonds. The Balaban J connectivity index is 1.59. The summed E-state index contributed by atoms with van der Waals surface area (Å²) in [7, 11) is 1.81. The number of nitrogens with two attached hydrogens (primary N) is 1. The van der Waals surface area contributed by atoms with E-state index in [-0.39, 0.29) is 17.9 Å². The van der Waals surface area contributed by atoms with E-state index in [0.717, 1.165) is 12.8 Å². The summed E-state index contributed by atoms with van der Waals surface area (Å²) in [6, 6.07) is 0. The molecule has 0 radical (unpaired) electrons. The largest absolute Gasteiger partial charge is 0.368 e. The Labute approximate surface area is 134 Å². The van der Waals surface area contributed by atoms with Gasteiger partial charge in [0.25, 0.3) is 0 Å². The van der Waals surface area contributed by atoms with Gasteiger partial charge in [-0.25, -0.2) is 4.98 Å². The van der Waals surface area contributed by atoms with Crippen LogP contribution in [0.5, 0.6) is 0 Å². The van der Waals surface area contributed by atoms with E-state index in [1.165, 1.54) is 0 Å². The molecular weight excluding hydrogens is 298 g/mol. The van der Waals surface area contributed by atoms with Crippen molar-refractivity contribution >= 4 is 17.8 Å². The van der Waals surface area contributed by atoms with E-state index in [2.05, 4.69) is 10.3 Å². The molecule has 3 aliphatic heterocycles. The first kappa shape index (κ1) is 14.6. The molecule has 23 heavy (non-hydrogen) atoms. The zero-order valence-electron chi connectivity index (χ0n) is 13.1. The van der Waals surface area contributed by atoms with Crippen LogP contribution in [0, 0.1) is 11.8 Å². The van der Waals surface area contributed by atoms with Crippen molar-refractivity contribution in [2.45, 2.75) is 24.5 Å². The van der Waals surface area contributed by atoms with Crippen molar-refractivity contribution in [3.63, 3.8) is 0 Å². The topological polar surface area (TPSA) is 102 Å². The third kappa shape index (κ3) is 2.01. The van der Waals surface area contributed by atoms with Gasteiger partial charge in [0.15, 0.2) is 0 Å². The number of rotatable bonds is 4. The number of aromatic nitrogens is 2. The molecule has 4 rings (SSSR count). The van der Waals surface area contributed by atoms with Crippen molar-refractivity contribution < 1.29 is 14.3 Å². The second-order valence-corrected chi connectivity index (χ2v) is 6.66. The van der Waals surface area contributed by atoms with Gasteiger partial charge < -0.3 is 19.9 Å². The highest BCUT2D eigenvalue weighted by atomic mass is 16.5. The fourth-order valence-electron chi connectivity index (χ4n) is 4.37. The van der Waals surface area contributed by atoms with Gasteiger partial charge in [-0.2, -0.15) is 0 Å². The molecule has 3 saturated heterocycles. The third-order valence-corrected chi connectivity index (χ3v) is 5.36. The lowest BCUT2D eigenvalue weighted by molar-refractivity contribution is -0.136. The number of fused-ring (bicyclic) bond motifs is 1. The standard InChI is InChI=1S/C15H21N5O3/c1-19-7-5-17-14(19)18-12(21)10-9-2-3-15(23-9)8-20(6-4-16)13(22)11(10)15/h5,7,9-11H,2-4,6,8,16H2,1H3,(H,17,18,21)/t9-,10-,11+,15-/m0/s1. The molecule has 4 atom stereocenters. The summed E-state index contributed by atoms with van der Waals surface area (Å²) in [5, 5.41) is 2.83. The minimum absolute atomic E-state index is 0.00218. The first-order chi connectivity index (χ1) is 11.1. The molecule has 3 fully saturated rings. The number of nitrogens with one attached hydrogen (secondary N) is 1. The number of nitrogens with zero attached hydrogens (tertiary/aromatic N) is 3. The van der Waals surface area contributed by atoms with Crippen molar-refractivity contribution in [2.75, 3.05) is 25.0 Å². The average molecular weight is 319 g/mol. The Morgan fingerprint density at radius 2 is 2.43 bits per heavy atom. The lowest BCUT2D eigenvalue weighted by Gasteiger charge is -2.26. The van der Waals surface area contributed by atoms with Gasteiger partial charge >= 0.3 is 0 Å². The highest BCUT2D eigenvalue weighted by Crippen LogP contribution is 2.55. The molecule has 0 aromatic carbocycles. The van der Waals surface area contributed by atoms with Crippen LogP contribution < -0.4 is 11.1 Å². The lowest BCUT2D eigenvalue weighted by atomic mass is 9.73. The zero-order valence-corrected chi connectivity index (χ0v) is 13.1. The molecule has 1 spiro atoms. The van der Waals surface area contributed by atoms with E-state index < -0.39 is 17.4 Å². The van der Waals surface area contributed by atoms with Crippen LogP contribution >= 0.6 is 0 Å². The number of amides is 2. The number of carbonyl (C=O) groups is 2. The summed E-state index contributed by atoms with van der Waals surface area (Å²) in [5.41, 5.74) is 5.09. The minimum atomic E-state index is -0.499. The summed E-state index contributed by atoms with van der Waals surface area (Å²) in [6.07, 6.45) is 4.86. The van der Waals surface area contributed by atoms with E-state index in [4.69, 9.17) is 10.5 Å². The first-order valence-corrected chi connectivity index (χ1v) is 8.00. The van der Waals surface area contributed by atoms with Crippen molar-refractivity contribution in [1.82, 2.24) is 14.5 Å². The van der Waals surface area contributed by atoms with Gasteiger partial charge in [-0.15, -0.1) is 0 Å². The van der Waals surface area contributed by atoms with Gasteiger partial charge in [0.2, 0.25) is 17.8 Å². The number of likely N-dealkylation sites (tertiary alicyclic amines) is 1. The molecule has 8 heteroatoms. The number of imidazole rings is 1. The van der Waals surface area contributed by atoms with Gasteiger partial charge in [-0.3, -0.25) is 14.9 Å². The van der Waals surface area contributed by atoms with Crippen molar-refractivity contribution in [2.24, 2.45) is 24.6 Å².